The van der Waals surface area contributed by atoms with Crippen LogP contribution in [0.2, 0.25) is 5.02 Å². The molecule has 0 saturated heterocycles. The molecular formula is C21H14BrClFN3. The van der Waals surface area contributed by atoms with Gasteiger partial charge in [-0.1, -0.05) is 33.6 Å². The van der Waals surface area contributed by atoms with E-state index in [9.17, 15) is 4.39 Å². The highest BCUT2D eigenvalue weighted by atomic mass is 79.9. The molecule has 0 saturated carbocycles. The van der Waals surface area contributed by atoms with Gasteiger partial charge < -0.3 is 4.90 Å². The van der Waals surface area contributed by atoms with Gasteiger partial charge in [0.1, 0.15) is 12.0 Å². The Bertz CT molecular complexity index is 1130. The van der Waals surface area contributed by atoms with Crippen LogP contribution in [0.25, 0.3) is 12.3 Å². The summed E-state index contributed by atoms with van der Waals surface area (Å²) in [6.07, 6.45) is 7.14. The third-order valence-electron chi connectivity index (χ3n) is 4.14. The lowest BCUT2D eigenvalue weighted by atomic mass is 10.2. The molecule has 1 atom stereocenters. The predicted molar refractivity (Wildman–Crippen MR) is 110 cm³/mol. The maximum absolute atomic E-state index is 13.7. The lowest BCUT2D eigenvalue weighted by Crippen LogP contribution is -2.41. The molecule has 0 N–H and O–H groups in total. The van der Waals surface area contributed by atoms with Gasteiger partial charge >= 0.3 is 0 Å². The Kier molecular flexibility index (Phi) is 5.05. The molecular weight excluding hydrogens is 429 g/mol. The van der Waals surface area contributed by atoms with Crippen molar-refractivity contribution in [2.45, 2.75) is 6.17 Å². The van der Waals surface area contributed by atoms with E-state index in [1.807, 2.05) is 59.7 Å². The first kappa shape index (κ1) is 17.9. The van der Waals surface area contributed by atoms with E-state index in [2.05, 4.69) is 20.9 Å². The van der Waals surface area contributed by atoms with Gasteiger partial charge in [0.15, 0.2) is 0 Å². The van der Waals surface area contributed by atoms with Crippen molar-refractivity contribution in [3.63, 3.8) is 0 Å². The SMILES string of the molecule is Fc1ccc2c(c1)=CN(c1ccc(Br)cc1Cl)C(C=Cc1ccccn1)N=2. The molecule has 3 aromatic rings. The second kappa shape index (κ2) is 7.62. The van der Waals surface area contributed by atoms with Crippen LogP contribution in [0.4, 0.5) is 10.1 Å². The molecule has 0 radical (unpaired) electrons. The maximum atomic E-state index is 13.7. The van der Waals surface area contributed by atoms with Crippen LogP contribution in [0.5, 0.6) is 0 Å². The topological polar surface area (TPSA) is 28.5 Å². The van der Waals surface area contributed by atoms with Gasteiger partial charge in [0.05, 0.1) is 21.8 Å². The van der Waals surface area contributed by atoms with Gasteiger partial charge in [-0.15, -0.1) is 0 Å². The quantitative estimate of drug-likeness (QED) is 0.595. The summed E-state index contributed by atoms with van der Waals surface area (Å²) in [7, 11) is 0. The lowest BCUT2D eigenvalue weighted by molar-refractivity contribution is 0.624. The molecule has 0 fully saturated rings. The Morgan fingerprint density at radius 3 is 2.78 bits per heavy atom. The third kappa shape index (κ3) is 3.94. The summed E-state index contributed by atoms with van der Waals surface area (Å²) in [5, 5.41) is 2.01. The van der Waals surface area contributed by atoms with Crippen LogP contribution < -0.4 is 15.5 Å². The van der Waals surface area contributed by atoms with Gasteiger partial charge in [-0.05, 0) is 60.7 Å². The minimum absolute atomic E-state index is 0.301. The summed E-state index contributed by atoms with van der Waals surface area (Å²) in [6.45, 7) is 0. The summed E-state index contributed by atoms with van der Waals surface area (Å²) in [4.78, 5) is 11.0. The van der Waals surface area contributed by atoms with Crippen LogP contribution in [0.15, 0.2) is 76.3 Å². The summed E-state index contributed by atoms with van der Waals surface area (Å²) >= 11 is 9.88. The highest BCUT2D eigenvalue weighted by Crippen LogP contribution is 2.31. The normalized spacial score (nSPS) is 16.0. The van der Waals surface area contributed by atoms with E-state index in [4.69, 9.17) is 16.6 Å². The van der Waals surface area contributed by atoms with E-state index in [0.717, 1.165) is 21.2 Å². The highest BCUT2D eigenvalue weighted by molar-refractivity contribution is 9.10. The van der Waals surface area contributed by atoms with Crippen LogP contribution in [-0.2, 0) is 0 Å². The molecule has 2 aromatic carbocycles. The zero-order valence-corrected chi connectivity index (χ0v) is 16.4. The standard InChI is InChI=1S/C21H14BrClFN3/c22-15-4-8-20(18(23)12-15)27-13-14-11-16(24)5-7-19(14)26-21(27)9-6-17-3-1-2-10-25-17/h1-13,21H. The largest absolute Gasteiger partial charge is 0.320 e. The maximum Gasteiger partial charge on any atom is 0.145 e. The second-order valence-electron chi connectivity index (χ2n) is 5.99. The number of hydrogen-bond acceptors (Lipinski definition) is 3. The van der Waals surface area contributed by atoms with E-state index in [-0.39, 0.29) is 12.0 Å². The molecule has 0 spiro atoms. The Hall–Kier alpha value is -2.50. The average Bonchev–Trinajstić information content (AvgIpc) is 2.67. The Labute approximate surface area is 169 Å². The summed E-state index contributed by atoms with van der Waals surface area (Å²) in [5.74, 6) is -0.301. The molecule has 6 heteroatoms. The van der Waals surface area contributed by atoms with Gasteiger partial charge in [-0.3, -0.25) is 9.98 Å². The summed E-state index contributed by atoms with van der Waals surface area (Å²) in [5.41, 5.74) is 1.62. The zero-order valence-electron chi connectivity index (χ0n) is 14.1. The molecule has 1 aliphatic rings. The molecule has 1 aliphatic heterocycles. The van der Waals surface area contributed by atoms with Crippen molar-refractivity contribution in [3.8, 4) is 0 Å². The van der Waals surface area contributed by atoms with Gasteiger partial charge in [0, 0.05) is 22.1 Å². The van der Waals surface area contributed by atoms with E-state index < -0.39 is 0 Å². The fourth-order valence-corrected chi connectivity index (χ4v) is 3.65. The van der Waals surface area contributed by atoms with Crippen LogP contribution in [0.1, 0.15) is 5.69 Å². The molecule has 3 nitrogen and oxygen atoms in total. The molecule has 0 aliphatic carbocycles. The van der Waals surface area contributed by atoms with Gasteiger partial charge in [-0.2, -0.15) is 0 Å². The minimum atomic E-state index is -0.330. The van der Waals surface area contributed by atoms with E-state index in [0.29, 0.717) is 10.2 Å². The van der Waals surface area contributed by atoms with E-state index >= 15 is 0 Å². The fourth-order valence-electron chi connectivity index (χ4n) is 2.87. The van der Waals surface area contributed by atoms with Crippen molar-refractivity contribution < 1.29 is 4.39 Å². The summed E-state index contributed by atoms with van der Waals surface area (Å²) < 4.78 is 14.6. The number of halogens is 3. The van der Waals surface area contributed by atoms with Crippen molar-refractivity contribution >= 4 is 45.5 Å². The molecule has 2 heterocycles. The van der Waals surface area contributed by atoms with Crippen molar-refractivity contribution in [1.82, 2.24) is 4.98 Å². The monoisotopic (exact) mass is 441 g/mol. The lowest BCUT2D eigenvalue weighted by Gasteiger charge is -2.29. The van der Waals surface area contributed by atoms with Crippen molar-refractivity contribution in [1.29, 1.82) is 0 Å². The molecule has 134 valence electrons. The first-order chi connectivity index (χ1) is 13.1. The minimum Gasteiger partial charge on any atom is -0.320 e. The molecule has 1 unspecified atom stereocenters. The first-order valence-corrected chi connectivity index (χ1v) is 9.45. The number of hydrogen-bond donors (Lipinski definition) is 0. The third-order valence-corrected chi connectivity index (χ3v) is 4.93. The second-order valence-corrected chi connectivity index (χ2v) is 7.31. The van der Waals surface area contributed by atoms with Crippen LogP contribution in [-0.4, -0.2) is 11.1 Å². The highest BCUT2D eigenvalue weighted by Gasteiger charge is 2.19. The molecule has 4 rings (SSSR count). The molecule has 1 aromatic heterocycles. The van der Waals surface area contributed by atoms with Crippen molar-refractivity contribution in [2.24, 2.45) is 4.99 Å². The molecule has 27 heavy (non-hydrogen) atoms. The number of fused-ring (bicyclic) bond motifs is 1. The van der Waals surface area contributed by atoms with E-state index in [1.54, 1.807) is 12.3 Å². The smallest absolute Gasteiger partial charge is 0.145 e. The molecule has 0 bridgehead atoms. The Morgan fingerprint density at radius 2 is 2.00 bits per heavy atom. The van der Waals surface area contributed by atoms with Crippen LogP contribution >= 0.6 is 27.5 Å². The number of nitrogens with zero attached hydrogens (tertiary/aromatic N) is 3. The number of pyridine rings is 1. The Morgan fingerprint density at radius 1 is 1.11 bits per heavy atom. The van der Waals surface area contributed by atoms with Crippen LogP contribution in [0.3, 0.4) is 0 Å². The fraction of sp³-hybridized carbons (Fsp3) is 0.0476. The van der Waals surface area contributed by atoms with Gasteiger partial charge in [-0.25, -0.2) is 4.39 Å². The van der Waals surface area contributed by atoms with Crippen molar-refractivity contribution in [2.75, 3.05) is 4.90 Å². The summed E-state index contributed by atoms with van der Waals surface area (Å²) in [6, 6.07) is 15.9. The predicted octanol–water partition coefficient (Wildman–Crippen LogP) is 4.55. The Balaban J connectivity index is 1.82. The average molecular weight is 443 g/mol. The van der Waals surface area contributed by atoms with Crippen LogP contribution in [0, 0.1) is 5.82 Å². The number of aromatic nitrogens is 1. The zero-order chi connectivity index (χ0) is 18.8. The van der Waals surface area contributed by atoms with Gasteiger partial charge in [0.2, 0.25) is 0 Å². The number of rotatable bonds is 3. The van der Waals surface area contributed by atoms with Gasteiger partial charge in [0.25, 0.3) is 0 Å². The first-order valence-electron chi connectivity index (χ1n) is 8.28. The van der Waals surface area contributed by atoms with Crippen molar-refractivity contribution in [3.05, 3.63) is 98.5 Å². The number of anilines is 1. The molecule has 0 amide bonds. The number of benzene rings is 2. The van der Waals surface area contributed by atoms with E-state index in [1.165, 1.54) is 12.1 Å².